The number of halogens is 1. The highest BCUT2D eigenvalue weighted by Crippen LogP contribution is 2.42. The molecule has 1 unspecified atom stereocenters. The van der Waals surface area contributed by atoms with Gasteiger partial charge in [-0.15, -0.1) is 0 Å². The van der Waals surface area contributed by atoms with Gasteiger partial charge in [-0.3, -0.25) is 0 Å². The van der Waals surface area contributed by atoms with Crippen molar-refractivity contribution in [3.63, 3.8) is 0 Å². The summed E-state index contributed by atoms with van der Waals surface area (Å²) in [5.41, 5.74) is 9.24. The van der Waals surface area contributed by atoms with Gasteiger partial charge in [0.2, 0.25) is 0 Å². The molecule has 2 heteroatoms. The van der Waals surface area contributed by atoms with Crippen molar-refractivity contribution in [3.8, 4) is 0 Å². The SMILES string of the molecule is CC(N)C1(CC=Cc2ccc(C3CCCCC3)c(Cl)c2)CCCCC1. The third-order valence-electron chi connectivity index (χ3n) is 6.72. The van der Waals surface area contributed by atoms with Crippen LogP contribution in [0, 0.1) is 5.41 Å². The first-order valence-electron chi connectivity index (χ1n) is 10.3. The molecule has 1 aromatic carbocycles. The first-order chi connectivity index (χ1) is 12.1. The van der Waals surface area contributed by atoms with Crippen LogP contribution in [0.5, 0.6) is 0 Å². The van der Waals surface area contributed by atoms with E-state index in [-0.39, 0.29) is 6.04 Å². The summed E-state index contributed by atoms with van der Waals surface area (Å²) in [7, 11) is 0. The van der Waals surface area contributed by atoms with Crippen LogP contribution in [0.4, 0.5) is 0 Å². The maximum Gasteiger partial charge on any atom is 0.0446 e. The highest BCUT2D eigenvalue weighted by Gasteiger charge is 2.34. The van der Waals surface area contributed by atoms with Crippen LogP contribution in [0.1, 0.15) is 94.6 Å². The number of hydrogen-bond acceptors (Lipinski definition) is 1. The molecule has 2 aliphatic carbocycles. The Kier molecular flexibility index (Phi) is 6.63. The van der Waals surface area contributed by atoms with E-state index in [0.717, 1.165) is 11.4 Å². The average Bonchev–Trinajstić information content (AvgIpc) is 2.63. The minimum absolute atomic E-state index is 0.273. The van der Waals surface area contributed by atoms with Crippen molar-refractivity contribution in [3.05, 3.63) is 40.4 Å². The van der Waals surface area contributed by atoms with Gasteiger partial charge in [-0.2, -0.15) is 0 Å². The van der Waals surface area contributed by atoms with Crippen molar-refractivity contribution in [2.45, 2.75) is 89.5 Å². The second kappa shape index (κ2) is 8.73. The molecule has 0 aliphatic heterocycles. The third kappa shape index (κ3) is 4.68. The Morgan fingerprint density at radius 3 is 2.44 bits per heavy atom. The lowest BCUT2D eigenvalue weighted by atomic mass is 9.67. The second-order valence-corrected chi connectivity index (χ2v) is 8.84. The molecule has 2 aliphatic rings. The van der Waals surface area contributed by atoms with Gasteiger partial charge in [0.05, 0.1) is 0 Å². The van der Waals surface area contributed by atoms with E-state index >= 15 is 0 Å². The van der Waals surface area contributed by atoms with Gasteiger partial charge in [0.15, 0.2) is 0 Å². The van der Waals surface area contributed by atoms with Gasteiger partial charge in [0, 0.05) is 11.1 Å². The zero-order chi connectivity index (χ0) is 17.7. The van der Waals surface area contributed by atoms with Crippen LogP contribution in [0.25, 0.3) is 6.08 Å². The first-order valence-corrected chi connectivity index (χ1v) is 10.7. The van der Waals surface area contributed by atoms with Crippen LogP contribution in [-0.2, 0) is 0 Å². The summed E-state index contributed by atoms with van der Waals surface area (Å²) in [6, 6.07) is 6.93. The largest absolute Gasteiger partial charge is 0.327 e. The number of nitrogens with two attached hydrogens (primary N) is 1. The zero-order valence-corrected chi connectivity index (χ0v) is 16.5. The van der Waals surface area contributed by atoms with Crippen LogP contribution in [0.2, 0.25) is 5.02 Å². The smallest absolute Gasteiger partial charge is 0.0446 e. The van der Waals surface area contributed by atoms with E-state index in [0.29, 0.717) is 11.3 Å². The average molecular weight is 360 g/mol. The predicted octanol–water partition coefficient (Wildman–Crippen LogP) is 7.09. The Labute approximate surface area is 159 Å². The van der Waals surface area contributed by atoms with Gasteiger partial charge in [-0.05, 0) is 67.6 Å². The highest BCUT2D eigenvalue weighted by molar-refractivity contribution is 6.31. The summed E-state index contributed by atoms with van der Waals surface area (Å²) in [5.74, 6) is 0.669. The van der Waals surface area contributed by atoms with Crippen LogP contribution in [0.3, 0.4) is 0 Å². The summed E-state index contributed by atoms with van der Waals surface area (Å²) >= 11 is 6.61. The summed E-state index contributed by atoms with van der Waals surface area (Å²) in [5, 5.41) is 0.952. The lowest BCUT2D eigenvalue weighted by Gasteiger charge is -2.40. The van der Waals surface area contributed by atoms with Crippen molar-refractivity contribution >= 4 is 17.7 Å². The summed E-state index contributed by atoms with van der Waals surface area (Å²) in [4.78, 5) is 0. The fraction of sp³-hybridized carbons (Fsp3) is 0.652. The number of hydrogen-bond donors (Lipinski definition) is 1. The van der Waals surface area contributed by atoms with Crippen molar-refractivity contribution in [1.29, 1.82) is 0 Å². The molecule has 2 saturated carbocycles. The Bertz CT molecular complexity index is 578. The van der Waals surface area contributed by atoms with E-state index in [2.05, 4.69) is 37.3 Å². The molecule has 0 radical (unpaired) electrons. The van der Waals surface area contributed by atoms with Gasteiger partial charge in [0.25, 0.3) is 0 Å². The first kappa shape index (κ1) is 19.0. The molecule has 2 fully saturated rings. The van der Waals surface area contributed by atoms with Crippen LogP contribution >= 0.6 is 11.6 Å². The molecule has 3 rings (SSSR count). The van der Waals surface area contributed by atoms with Crippen molar-refractivity contribution in [2.75, 3.05) is 0 Å². The highest BCUT2D eigenvalue weighted by atomic mass is 35.5. The zero-order valence-electron chi connectivity index (χ0n) is 15.8. The topological polar surface area (TPSA) is 26.0 Å². The van der Waals surface area contributed by atoms with Crippen LogP contribution < -0.4 is 5.73 Å². The third-order valence-corrected chi connectivity index (χ3v) is 7.05. The van der Waals surface area contributed by atoms with E-state index in [9.17, 15) is 0 Å². The minimum atomic E-state index is 0.273. The van der Waals surface area contributed by atoms with Gasteiger partial charge < -0.3 is 5.73 Å². The van der Waals surface area contributed by atoms with E-state index in [1.807, 2.05) is 0 Å². The molecule has 0 heterocycles. The predicted molar refractivity (Wildman–Crippen MR) is 110 cm³/mol. The van der Waals surface area contributed by atoms with E-state index in [1.165, 1.54) is 75.3 Å². The van der Waals surface area contributed by atoms with Crippen molar-refractivity contribution < 1.29 is 0 Å². The summed E-state index contributed by atoms with van der Waals surface area (Å²) < 4.78 is 0. The quantitative estimate of drug-likeness (QED) is 0.596. The van der Waals surface area contributed by atoms with Crippen LogP contribution in [-0.4, -0.2) is 6.04 Å². The Morgan fingerprint density at radius 2 is 1.80 bits per heavy atom. The Morgan fingerprint density at radius 1 is 1.12 bits per heavy atom. The lowest BCUT2D eigenvalue weighted by molar-refractivity contribution is 0.156. The molecule has 1 nitrogen and oxygen atoms in total. The molecule has 0 saturated heterocycles. The molecule has 0 spiro atoms. The summed E-state index contributed by atoms with van der Waals surface area (Å²) in [6.45, 7) is 2.19. The van der Waals surface area contributed by atoms with E-state index in [1.54, 1.807) is 0 Å². The van der Waals surface area contributed by atoms with E-state index < -0.39 is 0 Å². The minimum Gasteiger partial charge on any atom is -0.327 e. The molecular weight excluding hydrogens is 326 g/mol. The Hall–Kier alpha value is -0.790. The molecule has 0 amide bonds. The molecule has 138 valence electrons. The fourth-order valence-corrected chi connectivity index (χ4v) is 5.27. The van der Waals surface area contributed by atoms with Crippen molar-refractivity contribution in [2.24, 2.45) is 11.1 Å². The van der Waals surface area contributed by atoms with Gasteiger partial charge >= 0.3 is 0 Å². The lowest BCUT2D eigenvalue weighted by Crippen LogP contribution is -2.40. The second-order valence-electron chi connectivity index (χ2n) is 8.43. The Balaban J connectivity index is 1.65. The molecule has 0 aromatic heterocycles. The van der Waals surface area contributed by atoms with Gasteiger partial charge in [-0.1, -0.05) is 74.4 Å². The molecule has 1 atom stereocenters. The number of rotatable bonds is 5. The van der Waals surface area contributed by atoms with Gasteiger partial charge in [0.1, 0.15) is 0 Å². The maximum atomic E-state index is 6.61. The molecule has 2 N–H and O–H groups in total. The van der Waals surface area contributed by atoms with Crippen LogP contribution in [0.15, 0.2) is 24.3 Å². The molecule has 1 aromatic rings. The standard InChI is InChI=1S/C23H34ClN/c1-18(25)23(14-6-3-7-15-23)16-8-9-19-12-13-21(22(24)17-19)20-10-4-2-5-11-20/h8-9,12-13,17-18,20H,2-7,10-11,14-16,25H2,1H3. The number of allylic oxidation sites excluding steroid dienone is 1. The molecular formula is C23H34ClN. The van der Waals surface area contributed by atoms with E-state index in [4.69, 9.17) is 17.3 Å². The number of benzene rings is 1. The molecule has 25 heavy (non-hydrogen) atoms. The molecule has 0 bridgehead atoms. The van der Waals surface area contributed by atoms with Gasteiger partial charge in [-0.25, -0.2) is 0 Å². The monoisotopic (exact) mass is 359 g/mol. The summed E-state index contributed by atoms with van der Waals surface area (Å²) in [6.07, 6.45) is 18.9. The maximum absolute atomic E-state index is 6.61. The van der Waals surface area contributed by atoms with Crippen molar-refractivity contribution in [1.82, 2.24) is 0 Å². The normalized spacial score (nSPS) is 23.0. The fourth-order valence-electron chi connectivity index (χ4n) is 4.92.